The van der Waals surface area contributed by atoms with Gasteiger partial charge in [0.1, 0.15) is 0 Å². The average Bonchev–Trinajstić information content (AvgIpc) is 2.47. The molecule has 0 aliphatic rings. The maximum atomic E-state index is 10.4. The summed E-state index contributed by atoms with van der Waals surface area (Å²) >= 11 is 1.50. The fraction of sp³-hybridized carbons (Fsp3) is 0.222. The van der Waals surface area contributed by atoms with Gasteiger partial charge in [0.05, 0.1) is 4.88 Å². The molecule has 0 bridgehead atoms. The van der Waals surface area contributed by atoms with Gasteiger partial charge in [0.25, 0.3) is 0 Å². The van der Waals surface area contributed by atoms with E-state index in [0.29, 0.717) is 0 Å². The third kappa shape index (κ3) is 2.02. The molecule has 0 radical (unpaired) electrons. The summed E-state index contributed by atoms with van der Waals surface area (Å²) < 4.78 is 0. The molecule has 11 heavy (non-hydrogen) atoms. The van der Waals surface area contributed by atoms with Crippen LogP contribution in [0.3, 0.4) is 0 Å². The first kappa shape index (κ1) is 8.21. The van der Waals surface area contributed by atoms with Gasteiger partial charge in [-0.25, -0.2) is 0 Å². The van der Waals surface area contributed by atoms with Crippen LogP contribution >= 0.6 is 11.3 Å². The van der Waals surface area contributed by atoms with E-state index in [1.807, 2.05) is 17.5 Å². The Labute approximate surface area is 70.4 Å². The molecule has 0 N–H and O–H groups in total. The lowest BCUT2D eigenvalue weighted by Gasteiger charge is -1.92. The molecular formula is C9H10OS. The Morgan fingerprint density at radius 3 is 3.09 bits per heavy atom. The third-order valence-corrected chi connectivity index (χ3v) is 2.39. The van der Waals surface area contributed by atoms with E-state index in [4.69, 9.17) is 0 Å². The van der Waals surface area contributed by atoms with Crippen molar-refractivity contribution in [3.8, 4) is 0 Å². The number of carbonyl (C=O) groups excluding carboxylic acids is 1. The first-order valence-electron chi connectivity index (χ1n) is 3.51. The van der Waals surface area contributed by atoms with Crippen LogP contribution < -0.4 is 0 Å². The van der Waals surface area contributed by atoms with Crippen molar-refractivity contribution in [1.29, 1.82) is 0 Å². The van der Waals surface area contributed by atoms with Crippen molar-refractivity contribution in [2.45, 2.75) is 12.8 Å². The van der Waals surface area contributed by atoms with Crippen LogP contribution in [0.1, 0.15) is 21.7 Å². The fourth-order valence-corrected chi connectivity index (χ4v) is 1.67. The topological polar surface area (TPSA) is 17.1 Å². The molecule has 0 atom stereocenters. The summed E-state index contributed by atoms with van der Waals surface area (Å²) in [7, 11) is 0. The van der Waals surface area contributed by atoms with Crippen molar-refractivity contribution in [2.75, 3.05) is 0 Å². The molecule has 0 aromatic carbocycles. The number of hydrogen-bond acceptors (Lipinski definition) is 2. The molecule has 2 heteroatoms. The molecule has 0 saturated carbocycles. The molecule has 1 nitrogen and oxygen atoms in total. The van der Waals surface area contributed by atoms with Crippen LogP contribution in [-0.2, 0) is 6.42 Å². The van der Waals surface area contributed by atoms with Gasteiger partial charge in [-0.1, -0.05) is 6.08 Å². The lowest BCUT2D eigenvalue weighted by Crippen LogP contribution is -1.84. The van der Waals surface area contributed by atoms with Gasteiger partial charge in [-0.15, -0.1) is 17.9 Å². The van der Waals surface area contributed by atoms with Crippen LogP contribution in [0.5, 0.6) is 0 Å². The summed E-state index contributed by atoms with van der Waals surface area (Å²) in [5, 5.41) is 1.95. The van der Waals surface area contributed by atoms with E-state index in [2.05, 4.69) is 6.58 Å². The highest BCUT2D eigenvalue weighted by molar-refractivity contribution is 7.11. The Kier molecular flexibility index (Phi) is 3.05. The third-order valence-electron chi connectivity index (χ3n) is 1.51. The highest BCUT2D eigenvalue weighted by Gasteiger charge is 2.00. The van der Waals surface area contributed by atoms with E-state index in [9.17, 15) is 4.79 Å². The van der Waals surface area contributed by atoms with Crippen LogP contribution in [0.25, 0.3) is 0 Å². The maximum Gasteiger partial charge on any atom is 0.160 e. The normalized spacial score (nSPS) is 9.45. The molecule has 1 aromatic heterocycles. The zero-order chi connectivity index (χ0) is 8.10. The molecule has 1 heterocycles. The summed E-state index contributed by atoms with van der Waals surface area (Å²) in [6.45, 7) is 3.63. The van der Waals surface area contributed by atoms with Crippen molar-refractivity contribution in [2.24, 2.45) is 0 Å². The molecule has 0 spiro atoms. The highest BCUT2D eigenvalue weighted by atomic mass is 32.1. The highest BCUT2D eigenvalue weighted by Crippen LogP contribution is 2.15. The van der Waals surface area contributed by atoms with E-state index in [1.165, 1.54) is 11.3 Å². The largest absolute Gasteiger partial charge is 0.297 e. The van der Waals surface area contributed by atoms with Crippen LogP contribution in [-0.4, -0.2) is 6.29 Å². The second kappa shape index (κ2) is 4.09. The number of thiophene rings is 1. The first-order chi connectivity index (χ1) is 5.38. The van der Waals surface area contributed by atoms with Gasteiger partial charge < -0.3 is 0 Å². The Morgan fingerprint density at radius 2 is 2.45 bits per heavy atom. The molecule has 1 aromatic rings. The van der Waals surface area contributed by atoms with Gasteiger partial charge in [0.2, 0.25) is 0 Å². The average molecular weight is 166 g/mol. The minimum atomic E-state index is 0.854. The van der Waals surface area contributed by atoms with Crippen LogP contribution in [0.2, 0.25) is 0 Å². The second-order valence-electron chi connectivity index (χ2n) is 2.26. The van der Waals surface area contributed by atoms with E-state index >= 15 is 0 Å². The number of rotatable bonds is 4. The monoisotopic (exact) mass is 166 g/mol. The quantitative estimate of drug-likeness (QED) is 0.496. The zero-order valence-corrected chi connectivity index (χ0v) is 7.06. The van der Waals surface area contributed by atoms with Crippen LogP contribution in [0, 0.1) is 0 Å². The van der Waals surface area contributed by atoms with Crippen molar-refractivity contribution in [1.82, 2.24) is 0 Å². The molecule has 0 amide bonds. The summed E-state index contributed by atoms with van der Waals surface area (Å²) in [6.07, 6.45) is 4.66. The Bertz CT molecular complexity index is 250. The molecule has 58 valence electrons. The summed E-state index contributed by atoms with van der Waals surface area (Å²) in [5.41, 5.74) is 1.14. The molecule has 0 aliphatic heterocycles. The van der Waals surface area contributed by atoms with E-state index in [0.717, 1.165) is 29.6 Å². The van der Waals surface area contributed by atoms with Crippen molar-refractivity contribution in [3.05, 3.63) is 34.5 Å². The predicted molar refractivity (Wildman–Crippen MR) is 48.2 cm³/mol. The number of allylic oxidation sites excluding steroid dienone is 1. The molecule has 1 rings (SSSR count). The molecule has 0 fully saturated rings. The number of carbonyl (C=O) groups is 1. The molecule has 0 aliphatic carbocycles. The lowest BCUT2D eigenvalue weighted by atomic mass is 10.1. The SMILES string of the molecule is C=CCCc1ccsc1C=O. The Morgan fingerprint density at radius 1 is 1.64 bits per heavy atom. The molecular weight excluding hydrogens is 156 g/mol. The van der Waals surface area contributed by atoms with E-state index < -0.39 is 0 Å². The van der Waals surface area contributed by atoms with Crippen molar-refractivity contribution >= 4 is 17.6 Å². The fourth-order valence-electron chi connectivity index (χ4n) is 0.915. The van der Waals surface area contributed by atoms with Gasteiger partial charge in [-0.2, -0.15) is 0 Å². The van der Waals surface area contributed by atoms with Crippen molar-refractivity contribution < 1.29 is 4.79 Å². The number of aldehydes is 1. The molecule has 0 unspecified atom stereocenters. The molecule has 0 saturated heterocycles. The lowest BCUT2D eigenvalue weighted by molar-refractivity contribution is 0.112. The van der Waals surface area contributed by atoms with Gasteiger partial charge in [-0.05, 0) is 29.9 Å². The van der Waals surface area contributed by atoms with Crippen LogP contribution in [0.15, 0.2) is 24.1 Å². The predicted octanol–water partition coefficient (Wildman–Crippen LogP) is 2.68. The second-order valence-corrected chi connectivity index (χ2v) is 3.20. The first-order valence-corrected chi connectivity index (χ1v) is 4.39. The summed E-state index contributed by atoms with van der Waals surface area (Å²) in [4.78, 5) is 11.3. The zero-order valence-electron chi connectivity index (χ0n) is 6.25. The van der Waals surface area contributed by atoms with E-state index in [-0.39, 0.29) is 0 Å². The summed E-state index contributed by atoms with van der Waals surface area (Å²) in [6, 6.07) is 2.00. The minimum Gasteiger partial charge on any atom is -0.297 e. The Balaban J connectivity index is 2.67. The summed E-state index contributed by atoms with van der Waals surface area (Å²) in [5.74, 6) is 0. The maximum absolute atomic E-state index is 10.4. The van der Waals surface area contributed by atoms with Gasteiger partial charge in [0.15, 0.2) is 6.29 Å². The van der Waals surface area contributed by atoms with Crippen molar-refractivity contribution in [3.63, 3.8) is 0 Å². The minimum absolute atomic E-state index is 0.854. The van der Waals surface area contributed by atoms with Gasteiger partial charge in [0, 0.05) is 0 Å². The number of aryl methyl sites for hydroxylation is 1. The van der Waals surface area contributed by atoms with Gasteiger partial charge >= 0.3 is 0 Å². The van der Waals surface area contributed by atoms with Crippen LogP contribution in [0.4, 0.5) is 0 Å². The van der Waals surface area contributed by atoms with Gasteiger partial charge in [-0.3, -0.25) is 4.79 Å². The van der Waals surface area contributed by atoms with E-state index in [1.54, 1.807) is 0 Å². The standard InChI is InChI=1S/C9H10OS/c1-2-3-4-8-5-6-11-9(8)7-10/h2,5-7H,1,3-4H2. The number of hydrogen-bond donors (Lipinski definition) is 0. The Hall–Kier alpha value is -0.890. The smallest absolute Gasteiger partial charge is 0.160 e.